The van der Waals surface area contributed by atoms with E-state index in [4.69, 9.17) is 5.73 Å². The molecule has 3 rings (SSSR count). The van der Waals surface area contributed by atoms with Gasteiger partial charge in [-0.1, -0.05) is 23.3 Å². The quantitative estimate of drug-likeness (QED) is 0.727. The largest absolute Gasteiger partial charge is 0.375 e. The summed E-state index contributed by atoms with van der Waals surface area (Å²) in [5, 5.41) is 3.40. The van der Waals surface area contributed by atoms with Gasteiger partial charge in [-0.05, 0) is 18.9 Å². The first-order valence-corrected chi connectivity index (χ1v) is 7.31. The van der Waals surface area contributed by atoms with Crippen molar-refractivity contribution in [3.05, 3.63) is 41.6 Å². The van der Waals surface area contributed by atoms with Crippen molar-refractivity contribution >= 4 is 32.5 Å². The predicted octanol–water partition coefficient (Wildman–Crippen LogP) is 2.79. The average molecular weight is 313 g/mol. The Hall–Kier alpha value is -2.72. The van der Waals surface area contributed by atoms with E-state index in [9.17, 15) is 4.39 Å². The number of benzene rings is 1. The summed E-state index contributed by atoms with van der Waals surface area (Å²) in [6, 6.07) is 3.44. The number of nitrogens with one attached hydrogen (secondary N) is 1. The monoisotopic (exact) mass is 313 g/mol. The standard InChI is InChI=1S/C15H12FN5S/c1-2-3-10-7-18-8-12(20-10)19-6-9-4-5-11-14(13(9)16)22-15(17)21-11/h4-5,7-8H,6H2,1H3,(H2,17,21)(H,19,20). The van der Waals surface area contributed by atoms with Crippen molar-refractivity contribution in [3.63, 3.8) is 0 Å². The fraction of sp³-hybridized carbons (Fsp3) is 0.133. The van der Waals surface area contributed by atoms with Crippen LogP contribution in [0.4, 0.5) is 15.3 Å². The van der Waals surface area contributed by atoms with Crippen LogP contribution in [0.3, 0.4) is 0 Å². The average Bonchev–Trinajstić information content (AvgIpc) is 2.89. The summed E-state index contributed by atoms with van der Waals surface area (Å²) in [6.07, 6.45) is 3.15. The smallest absolute Gasteiger partial charge is 0.181 e. The first kappa shape index (κ1) is 14.2. The third-order valence-electron chi connectivity index (χ3n) is 2.94. The van der Waals surface area contributed by atoms with E-state index in [0.29, 0.717) is 32.4 Å². The Morgan fingerprint density at radius 1 is 1.32 bits per heavy atom. The molecule has 0 unspecified atom stereocenters. The van der Waals surface area contributed by atoms with Gasteiger partial charge in [-0.25, -0.2) is 14.4 Å². The molecular formula is C15H12FN5S. The van der Waals surface area contributed by atoms with E-state index in [1.165, 1.54) is 0 Å². The van der Waals surface area contributed by atoms with Gasteiger partial charge in [0.05, 0.1) is 22.6 Å². The molecule has 2 aromatic heterocycles. The first-order chi connectivity index (χ1) is 10.7. The number of rotatable bonds is 3. The van der Waals surface area contributed by atoms with Gasteiger partial charge in [0.1, 0.15) is 17.3 Å². The Morgan fingerprint density at radius 2 is 2.18 bits per heavy atom. The molecule has 0 saturated carbocycles. The number of aromatic nitrogens is 3. The first-order valence-electron chi connectivity index (χ1n) is 6.49. The van der Waals surface area contributed by atoms with Crippen LogP contribution in [0.15, 0.2) is 24.5 Å². The van der Waals surface area contributed by atoms with Gasteiger partial charge >= 0.3 is 0 Å². The maximum Gasteiger partial charge on any atom is 0.181 e. The molecule has 110 valence electrons. The van der Waals surface area contributed by atoms with Gasteiger partial charge < -0.3 is 11.1 Å². The van der Waals surface area contributed by atoms with E-state index in [2.05, 4.69) is 32.1 Å². The lowest BCUT2D eigenvalue weighted by molar-refractivity contribution is 0.626. The summed E-state index contributed by atoms with van der Waals surface area (Å²) in [5.41, 5.74) is 7.27. The van der Waals surface area contributed by atoms with Gasteiger partial charge in [0, 0.05) is 12.1 Å². The number of fused-ring (bicyclic) bond motifs is 1. The molecule has 1 aromatic carbocycles. The summed E-state index contributed by atoms with van der Waals surface area (Å²) >= 11 is 1.14. The number of nitrogens with zero attached hydrogens (tertiary/aromatic N) is 3. The highest BCUT2D eigenvalue weighted by Gasteiger charge is 2.11. The van der Waals surface area contributed by atoms with E-state index < -0.39 is 0 Å². The molecule has 22 heavy (non-hydrogen) atoms. The second kappa shape index (κ2) is 5.95. The number of thiazole rings is 1. The second-order valence-corrected chi connectivity index (χ2v) is 5.49. The zero-order valence-corrected chi connectivity index (χ0v) is 12.5. The van der Waals surface area contributed by atoms with Crippen molar-refractivity contribution in [3.8, 4) is 11.8 Å². The third-order valence-corrected chi connectivity index (χ3v) is 3.83. The molecule has 0 atom stereocenters. The summed E-state index contributed by atoms with van der Waals surface area (Å²) in [7, 11) is 0. The van der Waals surface area contributed by atoms with E-state index in [1.54, 1.807) is 31.5 Å². The van der Waals surface area contributed by atoms with Crippen LogP contribution in [0, 0.1) is 17.7 Å². The molecule has 0 aliphatic rings. The van der Waals surface area contributed by atoms with Crippen LogP contribution in [0.2, 0.25) is 0 Å². The number of nitrogen functional groups attached to an aromatic ring is 1. The molecular weight excluding hydrogens is 301 g/mol. The molecule has 2 heterocycles. The minimum atomic E-state index is -0.309. The highest BCUT2D eigenvalue weighted by atomic mass is 32.1. The van der Waals surface area contributed by atoms with Crippen molar-refractivity contribution in [2.45, 2.75) is 13.5 Å². The molecule has 0 saturated heterocycles. The van der Waals surface area contributed by atoms with Gasteiger partial charge in [0.15, 0.2) is 5.13 Å². The predicted molar refractivity (Wildman–Crippen MR) is 85.9 cm³/mol. The normalized spacial score (nSPS) is 10.3. The molecule has 3 aromatic rings. The maximum absolute atomic E-state index is 14.4. The Labute approximate surface area is 130 Å². The van der Waals surface area contributed by atoms with Crippen molar-refractivity contribution in [1.82, 2.24) is 15.0 Å². The number of halogens is 1. The van der Waals surface area contributed by atoms with Crippen molar-refractivity contribution in [1.29, 1.82) is 0 Å². The lowest BCUT2D eigenvalue weighted by Crippen LogP contribution is -2.04. The Balaban J connectivity index is 1.82. The molecule has 0 aliphatic heterocycles. The topological polar surface area (TPSA) is 76.7 Å². The highest BCUT2D eigenvalue weighted by molar-refractivity contribution is 7.22. The van der Waals surface area contributed by atoms with Crippen LogP contribution in [-0.2, 0) is 6.54 Å². The summed E-state index contributed by atoms with van der Waals surface area (Å²) in [4.78, 5) is 12.4. The molecule has 0 amide bonds. The van der Waals surface area contributed by atoms with E-state index in [1.807, 2.05) is 0 Å². The zero-order valence-electron chi connectivity index (χ0n) is 11.7. The number of hydrogen-bond acceptors (Lipinski definition) is 6. The summed E-state index contributed by atoms with van der Waals surface area (Å²) in [6.45, 7) is 2.02. The molecule has 5 nitrogen and oxygen atoms in total. The van der Waals surface area contributed by atoms with Crippen molar-refractivity contribution < 1.29 is 4.39 Å². The summed E-state index contributed by atoms with van der Waals surface area (Å²) < 4.78 is 14.9. The fourth-order valence-corrected chi connectivity index (χ4v) is 2.77. The maximum atomic E-state index is 14.4. The van der Waals surface area contributed by atoms with Crippen LogP contribution in [-0.4, -0.2) is 15.0 Å². The summed E-state index contributed by atoms with van der Waals surface area (Å²) in [5.74, 6) is 5.82. The second-order valence-electron chi connectivity index (χ2n) is 4.46. The van der Waals surface area contributed by atoms with Crippen LogP contribution in [0.25, 0.3) is 10.2 Å². The van der Waals surface area contributed by atoms with Gasteiger partial charge in [-0.3, -0.25) is 4.98 Å². The third kappa shape index (κ3) is 2.82. The van der Waals surface area contributed by atoms with E-state index >= 15 is 0 Å². The van der Waals surface area contributed by atoms with Crippen LogP contribution < -0.4 is 11.1 Å². The lowest BCUT2D eigenvalue weighted by atomic mass is 10.2. The minimum absolute atomic E-state index is 0.289. The van der Waals surface area contributed by atoms with Crippen LogP contribution >= 0.6 is 11.3 Å². The Kier molecular flexibility index (Phi) is 3.85. The van der Waals surface area contributed by atoms with Crippen LogP contribution in [0.1, 0.15) is 18.2 Å². The Morgan fingerprint density at radius 3 is 3.00 bits per heavy atom. The number of hydrogen-bond donors (Lipinski definition) is 2. The highest BCUT2D eigenvalue weighted by Crippen LogP contribution is 2.28. The lowest BCUT2D eigenvalue weighted by Gasteiger charge is -2.07. The Bertz CT molecular complexity index is 894. The number of anilines is 2. The molecule has 0 spiro atoms. The van der Waals surface area contributed by atoms with Gasteiger partial charge in [-0.15, -0.1) is 0 Å². The SMILES string of the molecule is CC#Cc1cncc(NCc2ccc3nc(N)sc3c2F)n1. The molecule has 0 bridgehead atoms. The minimum Gasteiger partial charge on any atom is -0.375 e. The zero-order chi connectivity index (χ0) is 15.5. The van der Waals surface area contributed by atoms with Crippen molar-refractivity contribution in [2.24, 2.45) is 0 Å². The van der Waals surface area contributed by atoms with Crippen LogP contribution in [0.5, 0.6) is 0 Å². The molecule has 7 heteroatoms. The molecule has 0 radical (unpaired) electrons. The van der Waals surface area contributed by atoms with Gasteiger partial charge in [-0.2, -0.15) is 0 Å². The van der Waals surface area contributed by atoms with E-state index in [0.717, 1.165) is 11.3 Å². The molecule has 0 aliphatic carbocycles. The van der Waals surface area contributed by atoms with Gasteiger partial charge in [0.2, 0.25) is 0 Å². The van der Waals surface area contributed by atoms with Crippen molar-refractivity contribution in [2.75, 3.05) is 11.1 Å². The van der Waals surface area contributed by atoms with Gasteiger partial charge in [0.25, 0.3) is 0 Å². The molecule has 0 fully saturated rings. The van der Waals surface area contributed by atoms with E-state index in [-0.39, 0.29) is 12.4 Å². The number of nitrogens with two attached hydrogens (primary N) is 1. The fourth-order valence-electron chi connectivity index (χ4n) is 1.98. The molecule has 3 N–H and O–H groups in total.